The summed E-state index contributed by atoms with van der Waals surface area (Å²) < 4.78 is 0. The second-order valence-corrected chi connectivity index (χ2v) is 4.96. The van der Waals surface area contributed by atoms with E-state index >= 15 is 0 Å². The van der Waals surface area contributed by atoms with Gasteiger partial charge < -0.3 is 5.32 Å². The lowest BCUT2D eigenvalue weighted by atomic mass is 9.91. The topological polar surface area (TPSA) is 12.0 Å². The Morgan fingerprint density at radius 2 is 1.71 bits per heavy atom. The van der Waals surface area contributed by atoms with Crippen molar-refractivity contribution in [2.45, 2.75) is 33.6 Å². The minimum absolute atomic E-state index is 0.457. The van der Waals surface area contributed by atoms with Gasteiger partial charge >= 0.3 is 0 Å². The molecule has 1 heteroatoms. The Kier molecular flexibility index (Phi) is 3.99. The first kappa shape index (κ1) is 11.1. The third-order valence-corrected chi connectivity index (χ3v) is 2.21. The average Bonchev–Trinajstić information content (AvgIpc) is 2.13. The summed E-state index contributed by atoms with van der Waals surface area (Å²) in [6.07, 6.45) is 2.51. The van der Waals surface area contributed by atoms with Crippen molar-refractivity contribution >= 4 is 5.69 Å². The number of rotatable bonds is 4. The van der Waals surface area contributed by atoms with Crippen molar-refractivity contribution in [3.63, 3.8) is 0 Å². The van der Waals surface area contributed by atoms with E-state index in [4.69, 9.17) is 0 Å². The minimum atomic E-state index is 0.457. The molecular weight excluding hydrogens is 170 g/mol. The third-order valence-electron chi connectivity index (χ3n) is 2.21. The van der Waals surface area contributed by atoms with Gasteiger partial charge in [-0.2, -0.15) is 0 Å². The second kappa shape index (κ2) is 5.04. The lowest BCUT2D eigenvalue weighted by molar-refractivity contribution is 0.370. The molecular formula is C13H21N. The molecule has 0 bridgehead atoms. The maximum Gasteiger partial charge on any atom is 0.0340 e. The van der Waals surface area contributed by atoms with Gasteiger partial charge in [0.05, 0.1) is 0 Å². The van der Waals surface area contributed by atoms with Gasteiger partial charge in [0.15, 0.2) is 0 Å². The number of para-hydroxylation sites is 1. The van der Waals surface area contributed by atoms with Crippen LogP contribution in [0, 0.1) is 5.41 Å². The number of anilines is 1. The predicted octanol–water partition coefficient (Wildman–Crippen LogP) is 3.92. The van der Waals surface area contributed by atoms with Gasteiger partial charge in [-0.15, -0.1) is 0 Å². The van der Waals surface area contributed by atoms with Crippen molar-refractivity contribution in [1.29, 1.82) is 0 Å². The van der Waals surface area contributed by atoms with Crippen LogP contribution < -0.4 is 5.32 Å². The fourth-order valence-electron chi connectivity index (χ4n) is 1.41. The van der Waals surface area contributed by atoms with Gasteiger partial charge in [-0.3, -0.25) is 0 Å². The molecule has 0 saturated carbocycles. The van der Waals surface area contributed by atoms with E-state index in [1.165, 1.54) is 18.5 Å². The van der Waals surface area contributed by atoms with E-state index in [2.05, 4.69) is 50.4 Å². The van der Waals surface area contributed by atoms with Gasteiger partial charge in [0, 0.05) is 12.2 Å². The van der Waals surface area contributed by atoms with Crippen LogP contribution in [0.3, 0.4) is 0 Å². The summed E-state index contributed by atoms with van der Waals surface area (Å²) in [5, 5.41) is 3.42. The molecule has 14 heavy (non-hydrogen) atoms. The zero-order chi connectivity index (χ0) is 10.4. The van der Waals surface area contributed by atoms with Crippen LogP contribution in [0.4, 0.5) is 5.69 Å². The van der Waals surface area contributed by atoms with Crippen molar-refractivity contribution in [1.82, 2.24) is 0 Å². The van der Waals surface area contributed by atoms with E-state index in [0.717, 1.165) is 6.54 Å². The summed E-state index contributed by atoms with van der Waals surface area (Å²) in [6, 6.07) is 10.4. The zero-order valence-corrected chi connectivity index (χ0v) is 9.51. The zero-order valence-electron chi connectivity index (χ0n) is 9.51. The number of hydrogen-bond donors (Lipinski definition) is 1. The molecule has 0 aliphatic heterocycles. The average molecular weight is 191 g/mol. The van der Waals surface area contributed by atoms with E-state index in [-0.39, 0.29) is 0 Å². The van der Waals surface area contributed by atoms with E-state index in [1.807, 2.05) is 6.07 Å². The Labute approximate surface area is 87.5 Å². The molecule has 0 radical (unpaired) electrons. The van der Waals surface area contributed by atoms with Crippen molar-refractivity contribution in [3.05, 3.63) is 30.3 Å². The molecule has 0 atom stereocenters. The maximum absolute atomic E-state index is 3.42. The lowest BCUT2D eigenvalue weighted by Crippen LogP contribution is -2.09. The van der Waals surface area contributed by atoms with Crippen LogP contribution in [0.1, 0.15) is 33.6 Å². The van der Waals surface area contributed by atoms with Gasteiger partial charge in [-0.25, -0.2) is 0 Å². The summed E-state index contributed by atoms with van der Waals surface area (Å²) in [4.78, 5) is 0. The van der Waals surface area contributed by atoms with Gasteiger partial charge in [0.25, 0.3) is 0 Å². The Bertz CT molecular complexity index is 246. The molecule has 0 aliphatic carbocycles. The maximum atomic E-state index is 3.42. The largest absolute Gasteiger partial charge is 0.385 e. The Morgan fingerprint density at radius 1 is 1.07 bits per heavy atom. The van der Waals surface area contributed by atoms with Crippen LogP contribution >= 0.6 is 0 Å². The summed E-state index contributed by atoms with van der Waals surface area (Å²) in [7, 11) is 0. The Morgan fingerprint density at radius 3 is 2.29 bits per heavy atom. The van der Waals surface area contributed by atoms with Crippen LogP contribution in [0.15, 0.2) is 30.3 Å². The highest BCUT2D eigenvalue weighted by atomic mass is 14.9. The number of hydrogen-bond acceptors (Lipinski definition) is 1. The smallest absolute Gasteiger partial charge is 0.0340 e. The molecule has 1 nitrogen and oxygen atoms in total. The summed E-state index contributed by atoms with van der Waals surface area (Å²) >= 11 is 0. The standard InChI is InChI=1S/C13H21N/c1-13(2,3)10-7-11-14-12-8-5-4-6-9-12/h4-6,8-9,14H,7,10-11H2,1-3H3. The molecule has 78 valence electrons. The number of benzene rings is 1. The van der Waals surface area contributed by atoms with Gasteiger partial charge in [0.1, 0.15) is 0 Å². The highest BCUT2D eigenvalue weighted by molar-refractivity contribution is 5.42. The van der Waals surface area contributed by atoms with E-state index in [0.29, 0.717) is 5.41 Å². The molecule has 1 N–H and O–H groups in total. The van der Waals surface area contributed by atoms with Crippen LogP contribution in [-0.4, -0.2) is 6.54 Å². The minimum Gasteiger partial charge on any atom is -0.385 e. The molecule has 0 heterocycles. The monoisotopic (exact) mass is 191 g/mol. The molecule has 0 saturated heterocycles. The molecule has 1 aromatic rings. The normalized spacial score (nSPS) is 11.4. The molecule has 0 aliphatic rings. The fraction of sp³-hybridized carbons (Fsp3) is 0.538. The quantitative estimate of drug-likeness (QED) is 0.711. The van der Waals surface area contributed by atoms with Crippen LogP contribution in [-0.2, 0) is 0 Å². The first-order valence-corrected chi connectivity index (χ1v) is 5.37. The molecule has 0 spiro atoms. The SMILES string of the molecule is CC(C)(C)CCCNc1ccccc1. The highest BCUT2D eigenvalue weighted by Gasteiger charge is 2.08. The van der Waals surface area contributed by atoms with Crippen LogP contribution in [0.25, 0.3) is 0 Å². The van der Waals surface area contributed by atoms with E-state index in [9.17, 15) is 0 Å². The van der Waals surface area contributed by atoms with Crippen LogP contribution in [0.5, 0.6) is 0 Å². The van der Waals surface area contributed by atoms with E-state index < -0.39 is 0 Å². The fourth-order valence-corrected chi connectivity index (χ4v) is 1.41. The summed E-state index contributed by atoms with van der Waals surface area (Å²) in [5.41, 5.74) is 1.68. The van der Waals surface area contributed by atoms with Gasteiger partial charge in [0.2, 0.25) is 0 Å². The van der Waals surface area contributed by atoms with Crippen molar-refractivity contribution < 1.29 is 0 Å². The Hall–Kier alpha value is -0.980. The second-order valence-electron chi connectivity index (χ2n) is 4.96. The summed E-state index contributed by atoms with van der Waals surface area (Å²) in [5.74, 6) is 0. The lowest BCUT2D eigenvalue weighted by Gasteiger charge is -2.17. The highest BCUT2D eigenvalue weighted by Crippen LogP contribution is 2.20. The molecule has 1 aromatic carbocycles. The molecule has 1 rings (SSSR count). The van der Waals surface area contributed by atoms with E-state index in [1.54, 1.807) is 0 Å². The van der Waals surface area contributed by atoms with Gasteiger partial charge in [-0.05, 0) is 30.4 Å². The molecule has 0 aromatic heterocycles. The number of nitrogens with one attached hydrogen (secondary N) is 1. The van der Waals surface area contributed by atoms with Gasteiger partial charge in [-0.1, -0.05) is 39.0 Å². The van der Waals surface area contributed by atoms with Crippen molar-refractivity contribution in [2.24, 2.45) is 5.41 Å². The van der Waals surface area contributed by atoms with Crippen molar-refractivity contribution in [2.75, 3.05) is 11.9 Å². The Balaban J connectivity index is 2.17. The summed E-state index contributed by atoms with van der Waals surface area (Å²) in [6.45, 7) is 7.93. The first-order valence-electron chi connectivity index (χ1n) is 5.37. The van der Waals surface area contributed by atoms with Crippen LogP contribution in [0.2, 0.25) is 0 Å². The molecule has 0 fully saturated rings. The third kappa shape index (κ3) is 4.90. The molecule has 0 unspecified atom stereocenters. The predicted molar refractivity (Wildman–Crippen MR) is 63.6 cm³/mol. The molecule has 0 amide bonds. The van der Waals surface area contributed by atoms with Crippen molar-refractivity contribution in [3.8, 4) is 0 Å². The first-order chi connectivity index (χ1) is 6.58.